The third-order valence-electron chi connectivity index (χ3n) is 6.86. The first-order chi connectivity index (χ1) is 16.5. The summed E-state index contributed by atoms with van der Waals surface area (Å²) in [6, 6.07) is 15.1. The molecule has 180 valence electrons. The molecular formula is C27H34N4O3. The van der Waals surface area contributed by atoms with E-state index in [0.717, 1.165) is 48.8 Å². The number of aryl methyl sites for hydroxylation is 1. The van der Waals surface area contributed by atoms with Crippen LogP contribution in [0.15, 0.2) is 48.5 Å². The molecule has 1 aliphatic carbocycles. The van der Waals surface area contributed by atoms with Crippen molar-refractivity contribution in [3.63, 3.8) is 0 Å². The van der Waals surface area contributed by atoms with Gasteiger partial charge in [0.2, 0.25) is 5.91 Å². The lowest BCUT2D eigenvalue weighted by molar-refractivity contribution is -0.145. The van der Waals surface area contributed by atoms with Gasteiger partial charge in [0.25, 0.3) is 11.8 Å². The van der Waals surface area contributed by atoms with E-state index < -0.39 is 6.17 Å². The summed E-state index contributed by atoms with van der Waals surface area (Å²) in [6.07, 6.45) is 3.96. The van der Waals surface area contributed by atoms with Crippen LogP contribution in [0.5, 0.6) is 0 Å². The van der Waals surface area contributed by atoms with Crippen LogP contribution in [-0.2, 0) is 22.7 Å². The van der Waals surface area contributed by atoms with Crippen molar-refractivity contribution in [1.29, 1.82) is 0 Å². The maximum atomic E-state index is 13.5. The summed E-state index contributed by atoms with van der Waals surface area (Å²) in [4.78, 5) is 43.5. The fraction of sp³-hybridized carbons (Fsp3) is 0.444. The fourth-order valence-electron chi connectivity index (χ4n) is 5.03. The van der Waals surface area contributed by atoms with E-state index in [1.54, 1.807) is 15.9 Å². The number of carbonyl (C=O) groups is 3. The van der Waals surface area contributed by atoms with Gasteiger partial charge in [0, 0.05) is 37.7 Å². The molecule has 2 aliphatic rings. The Hall–Kier alpha value is -3.19. The Morgan fingerprint density at radius 1 is 0.941 bits per heavy atom. The van der Waals surface area contributed by atoms with Crippen LogP contribution in [0.4, 0.5) is 0 Å². The molecular weight excluding hydrogens is 428 g/mol. The predicted octanol–water partition coefficient (Wildman–Crippen LogP) is 2.96. The number of benzene rings is 2. The number of nitrogens with two attached hydrogens (primary N) is 1. The Kier molecular flexibility index (Phi) is 7.63. The number of hydrogen-bond donors (Lipinski definition) is 2. The minimum absolute atomic E-state index is 0.00970. The highest BCUT2D eigenvalue weighted by atomic mass is 16.2. The Labute approximate surface area is 201 Å². The zero-order valence-corrected chi connectivity index (χ0v) is 19.8. The zero-order valence-electron chi connectivity index (χ0n) is 19.8. The van der Waals surface area contributed by atoms with Gasteiger partial charge in [-0.3, -0.25) is 14.4 Å². The first-order valence-corrected chi connectivity index (χ1v) is 12.2. The number of nitrogens with one attached hydrogen (secondary N) is 1. The fourth-order valence-corrected chi connectivity index (χ4v) is 5.03. The summed E-state index contributed by atoms with van der Waals surface area (Å²) in [5.74, 6) is -0.641. The second-order valence-electron chi connectivity index (χ2n) is 9.35. The second-order valence-corrected chi connectivity index (χ2v) is 9.35. The lowest BCUT2D eigenvalue weighted by Gasteiger charge is -2.32. The molecule has 34 heavy (non-hydrogen) atoms. The SMILES string of the molecule is Cc1cccc(C(=O)N2CCN(C(=O)C3CCCCC3)C2C(=O)NCc2cccc(CN)c2)c1. The van der Waals surface area contributed by atoms with Gasteiger partial charge in [-0.1, -0.05) is 61.2 Å². The maximum Gasteiger partial charge on any atom is 0.264 e. The van der Waals surface area contributed by atoms with E-state index in [4.69, 9.17) is 5.73 Å². The van der Waals surface area contributed by atoms with E-state index in [0.29, 0.717) is 31.7 Å². The molecule has 3 amide bonds. The average Bonchev–Trinajstić information content (AvgIpc) is 3.32. The van der Waals surface area contributed by atoms with Crippen molar-refractivity contribution < 1.29 is 14.4 Å². The smallest absolute Gasteiger partial charge is 0.264 e. The summed E-state index contributed by atoms with van der Waals surface area (Å²) in [5, 5.41) is 2.96. The van der Waals surface area contributed by atoms with Crippen LogP contribution in [0.25, 0.3) is 0 Å². The van der Waals surface area contributed by atoms with Gasteiger partial charge in [-0.2, -0.15) is 0 Å². The van der Waals surface area contributed by atoms with Crippen molar-refractivity contribution in [1.82, 2.24) is 15.1 Å². The van der Waals surface area contributed by atoms with Gasteiger partial charge in [0.05, 0.1) is 0 Å². The van der Waals surface area contributed by atoms with Crippen molar-refractivity contribution in [2.45, 2.75) is 58.3 Å². The van der Waals surface area contributed by atoms with Gasteiger partial charge in [-0.25, -0.2) is 0 Å². The van der Waals surface area contributed by atoms with Crippen LogP contribution in [0.1, 0.15) is 59.2 Å². The Bertz CT molecular complexity index is 1050. The molecule has 1 unspecified atom stereocenters. The molecule has 0 radical (unpaired) electrons. The Morgan fingerprint density at radius 2 is 1.65 bits per heavy atom. The molecule has 2 aromatic carbocycles. The van der Waals surface area contributed by atoms with Crippen LogP contribution in [-0.4, -0.2) is 46.8 Å². The average molecular weight is 463 g/mol. The van der Waals surface area contributed by atoms with Crippen LogP contribution in [0, 0.1) is 12.8 Å². The van der Waals surface area contributed by atoms with E-state index in [9.17, 15) is 14.4 Å². The molecule has 7 nitrogen and oxygen atoms in total. The van der Waals surface area contributed by atoms with E-state index in [1.807, 2.05) is 49.4 Å². The minimum atomic E-state index is -0.944. The molecule has 7 heteroatoms. The normalized spacial score (nSPS) is 18.7. The monoisotopic (exact) mass is 462 g/mol. The highest BCUT2D eigenvalue weighted by Gasteiger charge is 2.44. The van der Waals surface area contributed by atoms with Gasteiger partial charge in [-0.15, -0.1) is 0 Å². The molecule has 1 saturated heterocycles. The van der Waals surface area contributed by atoms with E-state index in [1.165, 1.54) is 0 Å². The van der Waals surface area contributed by atoms with Crippen molar-refractivity contribution in [2.24, 2.45) is 11.7 Å². The van der Waals surface area contributed by atoms with Crippen molar-refractivity contribution in [2.75, 3.05) is 13.1 Å². The summed E-state index contributed by atoms with van der Waals surface area (Å²) in [6.45, 7) is 3.37. The molecule has 1 atom stereocenters. The van der Waals surface area contributed by atoms with E-state index in [2.05, 4.69) is 5.32 Å². The molecule has 3 N–H and O–H groups in total. The van der Waals surface area contributed by atoms with Gasteiger partial charge < -0.3 is 20.9 Å². The lowest BCUT2D eigenvalue weighted by Crippen LogP contribution is -2.54. The maximum absolute atomic E-state index is 13.5. The zero-order chi connectivity index (χ0) is 24.1. The second kappa shape index (κ2) is 10.8. The van der Waals surface area contributed by atoms with Gasteiger partial charge in [-0.05, 0) is 43.0 Å². The summed E-state index contributed by atoms with van der Waals surface area (Å²) in [7, 11) is 0. The lowest BCUT2D eigenvalue weighted by atomic mass is 9.88. The molecule has 0 bridgehead atoms. The highest BCUT2D eigenvalue weighted by molar-refractivity contribution is 5.99. The van der Waals surface area contributed by atoms with Gasteiger partial charge >= 0.3 is 0 Å². The van der Waals surface area contributed by atoms with Crippen LogP contribution < -0.4 is 11.1 Å². The van der Waals surface area contributed by atoms with Crippen LogP contribution in [0.2, 0.25) is 0 Å². The van der Waals surface area contributed by atoms with Crippen LogP contribution in [0.3, 0.4) is 0 Å². The number of carbonyl (C=O) groups excluding carboxylic acids is 3. The molecule has 0 aromatic heterocycles. The number of hydrogen-bond acceptors (Lipinski definition) is 4. The minimum Gasteiger partial charge on any atom is -0.349 e. The number of amides is 3. The topological polar surface area (TPSA) is 95.7 Å². The largest absolute Gasteiger partial charge is 0.349 e. The molecule has 1 saturated carbocycles. The molecule has 4 rings (SSSR count). The predicted molar refractivity (Wildman–Crippen MR) is 130 cm³/mol. The van der Waals surface area contributed by atoms with E-state index >= 15 is 0 Å². The van der Waals surface area contributed by atoms with Crippen LogP contribution >= 0.6 is 0 Å². The van der Waals surface area contributed by atoms with Crippen molar-refractivity contribution in [3.8, 4) is 0 Å². The molecule has 1 heterocycles. The van der Waals surface area contributed by atoms with E-state index in [-0.39, 0.29) is 23.6 Å². The number of nitrogens with zero attached hydrogens (tertiary/aromatic N) is 2. The Balaban J connectivity index is 1.56. The molecule has 1 aliphatic heterocycles. The number of rotatable bonds is 6. The quantitative estimate of drug-likeness (QED) is 0.690. The molecule has 0 spiro atoms. The summed E-state index contributed by atoms with van der Waals surface area (Å²) < 4.78 is 0. The van der Waals surface area contributed by atoms with Gasteiger partial charge in [0.1, 0.15) is 0 Å². The molecule has 2 fully saturated rings. The first kappa shape index (κ1) is 24.0. The Morgan fingerprint density at radius 3 is 2.38 bits per heavy atom. The third kappa shape index (κ3) is 5.30. The standard InChI is InChI=1S/C27H34N4O3/c1-19-7-5-12-23(15-19)27(34)31-14-13-30(26(33)22-10-3-2-4-11-22)25(31)24(32)29-18-21-9-6-8-20(16-21)17-28/h5-9,12,15-16,22,25H,2-4,10-11,13-14,17-18,28H2,1H3,(H,29,32). The first-order valence-electron chi connectivity index (χ1n) is 12.2. The van der Waals surface area contributed by atoms with Gasteiger partial charge in [0.15, 0.2) is 6.17 Å². The van der Waals surface area contributed by atoms with Crippen molar-refractivity contribution in [3.05, 3.63) is 70.8 Å². The summed E-state index contributed by atoms with van der Waals surface area (Å²) in [5.41, 5.74) is 9.15. The van der Waals surface area contributed by atoms with Crippen molar-refractivity contribution >= 4 is 17.7 Å². The third-order valence-corrected chi connectivity index (χ3v) is 6.86. The summed E-state index contributed by atoms with van der Waals surface area (Å²) >= 11 is 0. The molecule has 2 aromatic rings. The highest BCUT2D eigenvalue weighted by Crippen LogP contribution is 2.29.